The highest BCUT2D eigenvalue weighted by molar-refractivity contribution is 6.06. The SMILES string of the molecule is Cc1ccc(N2CC(=O)N(C)C(c3ccccc3)C2=O)cc1. The molecular formula is C18H18N2O2. The molecule has 1 unspecified atom stereocenters. The number of amides is 2. The largest absolute Gasteiger partial charge is 0.328 e. The van der Waals surface area contributed by atoms with Crippen molar-refractivity contribution in [2.75, 3.05) is 18.5 Å². The fourth-order valence-corrected chi connectivity index (χ4v) is 2.73. The number of anilines is 1. The summed E-state index contributed by atoms with van der Waals surface area (Å²) < 4.78 is 0. The summed E-state index contributed by atoms with van der Waals surface area (Å²) in [5, 5.41) is 0. The minimum Gasteiger partial charge on any atom is -0.328 e. The number of benzene rings is 2. The minimum atomic E-state index is -0.566. The molecule has 1 aliphatic rings. The number of hydrogen-bond donors (Lipinski definition) is 0. The topological polar surface area (TPSA) is 40.6 Å². The molecule has 2 amide bonds. The van der Waals surface area contributed by atoms with Crippen molar-refractivity contribution < 1.29 is 9.59 Å². The van der Waals surface area contributed by atoms with Crippen molar-refractivity contribution in [2.24, 2.45) is 0 Å². The van der Waals surface area contributed by atoms with E-state index in [1.54, 1.807) is 11.9 Å². The summed E-state index contributed by atoms with van der Waals surface area (Å²) in [6, 6.07) is 16.5. The third kappa shape index (κ3) is 2.48. The quantitative estimate of drug-likeness (QED) is 0.854. The first-order valence-corrected chi connectivity index (χ1v) is 7.26. The molecule has 1 fully saturated rings. The maximum absolute atomic E-state index is 12.9. The highest BCUT2D eigenvalue weighted by Crippen LogP contribution is 2.29. The molecule has 0 aliphatic carbocycles. The summed E-state index contributed by atoms with van der Waals surface area (Å²) in [5.74, 6) is -0.133. The normalized spacial score (nSPS) is 18.7. The summed E-state index contributed by atoms with van der Waals surface area (Å²) >= 11 is 0. The van der Waals surface area contributed by atoms with Gasteiger partial charge in [-0.05, 0) is 24.6 Å². The first kappa shape index (κ1) is 14.3. The minimum absolute atomic E-state index is 0.0611. The van der Waals surface area contributed by atoms with Crippen LogP contribution in [-0.2, 0) is 9.59 Å². The number of carbonyl (C=O) groups excluding carboxylic acids is 2. The van der Waals surface area contributed by atoms with Gasteiger partial charge < -0.3 is 9.80 Å². The molecule has 1 saturated heterocycles. The molecule has 0 spiro atoms. The van der Waals surface area contributed by atoms with Crippen LogP contribution in [0.4, 0.5) is 5.69 Å². The number of aryl methyl sites for hydroxylation is 1. The molecule has 2 aromatic carbocycles. The van der Waals surface area contributed by atoms with Crippen LogP contribution in [0, 0.1) is 6.92 Å². The lowest BCUT2D eigenvalue weighted by atomic mass is 10.0. The predicted octanol–water partition coefficient (Wildman–Crippen LogP) is 2.54. The second-order valence-corrected chi connectivity index (χ2v) is 5.58. The molecule has 0 radical (unpaired) electrons. The van der Waals surface area contributed by atoms with Crippen molar-refractivity contribution in [1.82, 2.24) is 4.90 Å². The summed E-state index contributed by atoms with van der Waals surface area (Å²) in [5.41, 5.74) is 2.72. The van der Waals surface area contributed by atoms with Crippen molar-refractivity contribution in [3.8, 4) is 0 Å². The molecule has 4 heteroatoms. The molecule has 0 saturated carbocycles. The number of rotatable bonds is 2. The van der Waals surface area contributed by atoms with Crippen molar-refractivity contribution in [2.45, 2.75) is 13.0 Å². The number of piperazine rings is 1. The monoisotopic (exact) mass is 294 g/mol. The van der Waals surface area contributed by atoms with Gasteiger partial charge in [0.15, 0.2) is 0 Å². The van der Waals surface area contributed by atoms with Crippen molar-refractivity contribution in [3.63, 3.8) is 0 Å². The van der Waals surface area contributed by atoms with Crippen LogP contribution < -0.4 is 4.90 Å². The first-order valence-electron chi connectivity index (χ1n) is 7.26. The number of hydrogen-bond acceptors (Lipinski definition) is 2. The van der Waals surface area contributed by atoms with E-state index in [9.17, 15) is 9.59 Å². The molecular weight excluding hydrogens is 276 g/mol. The fourth-order valence-electron chi connectivity index (χ4n) is 2.73. The Balaban J connectivity index is 1.99. The van der Waals surface area contributed by atoms with Gasteiger partial charge in [0.1, 0.15) is 12.6 Å². The summed E-state index contributed by atoms with van der Waals surface area (Å²) in [6.07, 6.45) is 0. The fraction of sp³-hybridized carbons (Fsp3) is 0.222. The molecule has 0 bridgehead atoms. The Morgan fingerprint density at radius 3 is 2.23 bits per heavy atom. The Morgan fingerprint density at radius 1 is 0.955 bits per heavy atom. The summed E-state index contributed by atoms with van der Waals surface area (Å²) in [7, 11) is 1.68. The van der Waals surface area contributed by atoms with Crippen LogP contribution in [0.15, 0.2) is 54.6 Å². The van der Waals surface area contributed by atoms with Gasteiger partial charge in [-0.25, -0.2) is 0 Å². The van der Waals surface area contributed by atoms with Crippen LogP contribution in [0.5, 0.6) is 0 Å². The number of nitrogens with zero attached hydrogens (tertiary/aromatic N) is 2. The molecule has 3 rings (SSSR count). The van der Waals surface area contributed by atoms with Crippen molar-refractivity contribution in [3.05, 3.63) is 65.7 Å². The van der Waals surface area contributed by atoms with Crippen LogP contribution in [0.1, 0.15) is 17.2 Å². The van der Waals surface area contributed by atoms with E-state index in [-0.39, 0.29) is 18.4 Å². The van der Waals surface area contributed by atoms with Crippen molar-refractivity contribution >= 4 is 17.5 Å². The molecule has 112 valence electrons. The number of likely N-dealkylation sites (N-methyl/N-ethyl adjacent to an activating group) is 1. The molecule has 4 nitrogen and oxygen atoms in total. The maximum Gasteiger partial charge on any atom is 0.254 e. The summed E-state index contributed by atoms with van der Waals surface area (Å²) in [6.45, 7) is 2.08. The second-order valence-electron chi connectivity index (χ2n) is 5.58. The zero-order valence-electron chi connectivity index (χ0n) is 12.7. The standard InChI is InChI=1S/C18H18N2O2/c1-13-8-10-15(11-9-13)20-12-16(21)19(2)17(18(20)22)14-6-4-3-5-7-14/h3-11,17H,12H2,1-2H3. The van der Waals surface area contributed by atoms with Crippen LogP contribution >= 0.6 is 0 Å². The number of carbonyl (C=O) groups is 2. The molecule has 1 aliphatic heterocycles. The molecule has 0 N–H and O–H groups in total. The average molecular weight is 294 g/mol. The van der Waals surface area contributed by atoms with Gasteiger partial charge in [0, 0.05) is 12.7 Å². The van der Waals surface area contributed by atoms with E-state index < -0.39 is 6.04 Å². The molecule has 1 heterocycles. The third-order valence-corrected chi connectivity index (χ3v) is 4.03. The van der Waals surface area contributed by atoms with E-state index in [0.29, 0.717) is 0 Å². The zero-order chi connectivity index (χ0) is 15.7. The van der Waals surface area contributed by atoms with Crippen molar-refractivity contribution in [1.29, 1.82) is 0 Å². The van der Waals surface area contributed by atoms with E-state index in [2.05, 4.69) is 0 Å². The second kappa shape index (κ2) is 5.64. The van der Waals surface area contributed by atoms with Gasteiger partial charge in [-0.1, -0.05) is 48.0 Å². The Hall–Kier alpha value is -2.62. The molecule has 22 heavy (non-hydrogen) atoms. The van der Waals surface area contributed by atoms with Gasteiger partial charge >= 0.3 is 0 Å². The highest BCUT2D eigenvalue weighted by atomic mass is 16.2. The van der Waals surface area contributed by atoms with E-state index in [4.69, 9.17) is 0 Å². The highest BCUT2D eigenvalue weighted by Gasteiger charge is 2.38. The van der Waals surface area contributed by atoms with E-state index in [1.165, 1.54) is 4.90 Å². The van der Waals surface area contributed by atoms with Gasteiger partial charge in [-0.3, -0.25) is 9.59 Å². The van der Waals surface area contributed by atoms with E-state index in [1.807, 2.05) is 61.5 Å². The first-order chi connectivity index (χ1) is 10.6. The van der Waals surface area contributed by atoms with E-state index >= 15 is 0 Å². The molecule has 1 atom stereocenters. The molecule has 2 aromatic rings. The third-order valence-electron chi connectivity index (χ3n) is 4.03. The lowest BCUT2D eigenvalue weighted by Gasteiger charge is -2.38. The zero-order valence-corrected chi connectivity index (χ0v) is 12.7. The van der Waals surface area contributed by atoms with Crippen LogP contribution in [0.2, 0.25) is 0 Å². The Labute approximate surface area is 130 Å². The lowest BCUT2D eigenvalue weighted by molar-refractivity contribution is -0.141. The van der Waals surface area contributed by atoms with Gasteiger partial charge in [-0.15, -0.1) is 0 Å². The molecule has 0 aromatic heterocycles. The predicted molar refractivity (Wildman–Crippen MR) is 85.5 cm³/mol. The smallest absolute Gasteiger partial charge is 0.254 e. The van der Waals surface area contributed by atoms with Gasteiger partial charge in [0.25, 0.3) is 5.91 Å². The maximum atomic E-state index is 12.9. The Morgan fingerprint density at radius 2 is 1.59 bits per heavy atom. The van der Waals surface area contributed by atoms with Gasteiger partial charge in [0.2, 0.25) is 5.91 Å². The van der Waals surface area contributed by atoms with Crippen LogP contribution in [0.25, 0.3) is 0 Å². The average Bonchev–Trinajstić information content (AvgIpc) is 2.53. The van der Waals surface area contributed by atoms with E-state index in [0.717, 1.165) is 16.8 Å². The van der Waals surface area contributed by atoms with Crippen LogP contribution in [-0.4, -0.2) is 30.3 Å². The van der Waals surface area contributed by atoms with Gasteiger partial charge in [0.05, 0.1) is 0 Å². The lowest BCUT2D eigenvalue weighted by Crippen LogP contribution is -2.54. The Kier molecular flexibility index (Phi) is 3.67. The summed E-state index contributed by atoms with van der Waals surface area (Å²) in [4.78, 5) is 28.3. The Bertz CT molecular complexity index is 695. The van der Waals surface area contributed by atoms with Gasteiger partial charge in [-0.2, -0.15) is 0 Å². The van der Waals surface area contributed by atoms with Crippen LogP contribution in [0.3, 0.4) is 0 Å².